The summed E-state index contributed by atoms with van der Waals surface area (Å²) in [7, 11) is 0. The molecule has 2 heterocycles. The van der Waals surface area contributed by atoms with Gasteiger partial charge in [-0.05, 0) is 48.9 Å². The van der Waals surface area contributed by atoms with Crippen LogP contribution in [-0.4, -0.2) is 82.5 Å². The van der Waals surface area contributed by atoms with Crippen LogP contribution in [0.2, 0.25) is 0 Å². The number of carbonyl (C=O) groups is 5. The molecule has 4 fully saturated rings. The molecular formula is C26H38ClF2N5O5. The van der Waals surface area contributed by atoms with Crippen LogP contribution in [0.1, 0.15) is 59.8 Å². The first-order valence-electron chi connectivity index (χ1n) is 13.7. The van der Waals surface area contributed by atoms with E-state index in [4.69, 9.17) is 11.6 Å². The number of amides is 5. The van der Waals surface area contributed by atoms with Crippen molar-refractivity contribution in [2.45, 2.75) is 83.2 Å². The van der Waals surface area contributed by atoms with Crippen molar-refractivity contribution in [3.05, 3.63) is 0 Å². The topological polar surface area (TPSA) is 128 Å². The SMILES string of the molecule is CCC(C)C(NC(=O)C1(F)CC1)C(=O)N1C[C@H]2[C@@H]([C@H]1C(=O)NN(C[C@@H]1CCCNC1=O)C(=O)C(F)Cl)C2(C)C. The van der Waals surface area contributed by atoms with Crippen LogP contribution in [0.4, 0.5) is 8.78 Å². The van der Waals surface area contributed by atoms with Crippen molar-refractivity contribution < 1.29 is 32.8 Å². The number of halogens is 3. The molecule has 4 aliphatic rings. The molecule has 3 N–H and O–H groups in total. The lowest BCUT2D eigenvalue weighted by Crippen LogP contribution is -2.61. The third-order valence-corrected chi connectivity index (χ3v) is 9.31. The zero-order chi connectivity index (χ0) is 28.9. The lowest BCUT2D eigenvalue weighted by atomic mass is 9.95. The fourth-order valence-electron chi connectivity index (χ4n) is 6.02. The van der Waals surface area contributed by atoms with E-state index in [1.807, 2.05) is 20.8 Å². The first kappa shape index (κ1) is 29.5. The average molecular weight is 574 g/mol. The van der Waals surface area contributed by atoms with Gasteiger partial charge >= 0.3 is 0 Å². The van der Waals surface area contributed by atoms with E-state index in [1.54, 1.807) is 6.92 Å². The van der Waals surface area contributed by atoms with Gasteiger partial charge in [0.05, 0.1) is 12.5 Å². The van der Waals surface area contributed by atoms with Gasteiger partial charge in [0.2, 0.25) is 11.8 Å². The highest BCUT2D eigenvalue weighted by Crippen LogP contribution is 2.65. The van der Waals surface area contributed by atoms with E-state index in [2.05, 4.69) is 16.1 Å². The Labute approximate surface area is 231 Å². The summed E-state index contributed by atoms with van der Waals surface area (Å²) in [6, 6.07) is -2.04. The fourth-order valence-corrected chi connectivity index (χ4v) is 6.14. The highest BCUT2D eigenvalue weighted by Gasteiger charge is 2.70. The van der Waals surface area contributed by atoms with E-state index in [1.165, 1.54) is 4.90 Å². The number of fused-ring (bicyclic) bond motifs is 1. The molecular weight excluding hydrogens is 536 g/mol. The van der Waals surface area contributed by atoms with Crippen LogP contribution in [0.15, 0.2) is 0 Å². The highest BCUT2D eigenvalue weighted by atomic mass is 35.5. The van der Waals surface area contributed by atoms with Gasteiger partial charge in [0.15, 0.2) is 5.67 Å². The van der Waals surface area contributed by atoms with Crippen molar-refractivity contribution in [2.24, 2.45) is 29.1 Å². The zero-order valence-electron chi connectivity index (χ0n) is 22.8. The van der Waals surface area contributed by atoms with Crippen molar-refractivity contribution in [2.75, 3.05) is 19.6 Å². The van der Waals surface area contributed by atoms with Gasteiger partial charge in [0.25, 0.3) is 23.4 Å². The summed E-state index contributed by atoms with van der Waals surface area (Å²) < 4.78 is 28.3. The number of nitrogens with zero attached hydrogens (tertiary/aromatic N) is 2. The Morgan fingerprint density at radius 2 is 1.92 bits per heavy atom. The Bertz CT molecular complexity index is 1040. The third-order valence-electron chi connectivity index (χ3n) is 9.12. The number of hydrogen-bond acceptors (Lipinski definition) is 5. The van der Waals surface area contributed by atoms with Gasteiger partial charge in [-0.25, -0.2) is 13.8 Å². The molecule has 4 rings (SSSR count). The van der Waals surface area contributed by atoms with Gasteiger partial charge in [-0.3, -0.25) is 29.4 Å². The molecule has 0 aromatic rings. The number of carbonyl (C=O) groups excluding carboxylic acids is 5. The number of piperidine rings is 2. The van der Waals surface area contributed by atoms with E-state index >= 15 is 0 Å². The predicted octanol–water partition coefficient (Wildman–Crippen LogP) is 1.42. The molecule has 39 heavy (non-hydrogen) atoms. The zero-order valence-corrected chi connectivity index (χ0v) is 23.5. The van der Waals surface area contributed by atoms with Crippen LogP contribution >= 0.6 is 11.6 Å². The largest absolute Gasteiger partial charge is 0.356 e. The monoisotopic (exact) mass is 573 g/mol. The molecule has 0 bridgehead atoms. The van der Waals surface area contributed by atoms with Crippen LogP contribution in [0.25, 0.3) is 0 Å². The number of alkyl halides is 3. The second kappa shape index (κ2) is 10.8. The Morgan fingerprint density at radius 3 is 2.49 bits per heavy atom. The molecule has 2 aliphatic heterocycles. The highest BCUT2D eigenvalue weighted by molar-refractivity contribution is 6.29. The molecule has 13 heteroatoms. The molecule has 0 radical (unpaired) electrons. The van der Waals surface area contributed by atoms with Gasteiger partial charge in [0.1, 0.15) is 12.1 Å². The Morgan fingerprint density at radius 1 is 1.26 bits per heavy atom. The normalized spacial score (nSPS) is 30.2. The van der Waals surface area contributed by atoms with Gasteiger partial charge < -0.3 is 15.5 Å². The van der Waals surface area contributed by atoms with Crippen molar-refractivity contribution in [1.82, 2.24) is 26.0 Å². The minimum Gasteiger partial charge on any atom is -0.356 e. The first-order valence-corrected chi connectivity index (χ1v) is 14.1. The summed E-state index contributed by atoms with van der Waals surface area (Å²) in [6.45, 7) is 8.04. The van der Waals surface area contributed by atoms with E-state index in [-0.39, 0.29) is 55.0 Å². The predicted molar refractivity (Wildman–Crippen MR) is 137 cm³/mol. The molecule has 7 atom stereocenters. The standard InChI is InChI=1S/C26H38ClF2N5O5/c1-5-13(2)17(31-24(39)26(29)8-9-26)22(37)33-12-15-16(25(15,3)4)18(33)21(36)32-34(23(38)19(27)28)11-14-7-6-10-30-20(14)35/h13-19H,5-12H2,1-4H3,(H,30,35)(H,31,39)(H,32,36)/t13?,14-,15-,16-,17?,18-,19?/m0/s1. The van der Waals surface area contributed by atoms with E-state index in [0.29, 0.717) is 25.8 Å². The molecule has 10 nitrogen and oxygen atoms in total. The van der Waals surface area contributed by atoms with Crippen LogP contribution in [0.3, 0.4) is 0 Å². The molecule has 5 amide bonds. The van der Waals surface area contributed by atoms with Crippen LogP contribution in [0.5, 0.6) is 0 Å². The second-order valence-corrected chi connectivity index (χ2v) is 12.4. The Hall–Kier alpha value is -2.50. The van der Waals surface area contributed by atoms with E-state index in [9.17, 15) is 32.8 Å². The summed E-state index contributed by atoms with van der Waals surface area (Å²) in [5.41, 5.74) is -2.23. The molecule has 218 valence electrons. The minimum absolute atomic E-state index is 0.00309. The molecule has 2 saturated carbocycles. The summed E-state index contributed by atoms with van der Waals surface area (Å²) in [6.07, 6.45) is 1.85. The lowest BCUT2D eigenvalue weighted by molar-refractivity contribution is -0.151. The maximum Gasteiger partial charge on any atom is 0.291 e. The first-order chi connectivity index (χ1) is 18.2. The smallest absolute Gasteiger partial charge is 0.291 e. The molecule has 2 saturated heterocycles. The van der Waals surface area contributed by atoms with Crippen LogP contribution in [-0.2, 0) is 24.0 Å². The Balaban J connectivity index is 1.55. The van der Waals surface area contributed by atoms with Crippen molar-refractivity contribution >= 4 is 41.1 Å². The van der Waals surface area contributed by atoms with Crippen molar-refractivity contribution in [1.29, 1.82) is 0 Å². The molecule has 0 spiro atoms. The van der Waals surface area contributed by atoms with Gasteiger partial charge in [-0.2, -0.15) is 0 Å². The molecule has 3 unspecified atom stereocenters. The third kappa shape index (κ3) is 5.71. The van der Waals surface area contributed by atoms with Crippen molar-refractivity contribution in [3.63, 3.8) is 0 Å². The number of hydrazine groups is 1. The summed E-state index contributed by atoms with van der Waals surface area (Å²) in [4.78, 5) is 66.2. The minimum atomic E-state index is -2.44. The van der Waals surface area contributed by atoms with E-state index < -0.39 is 52.9 Å². The van der Waals surface area contributed by atoms with Gasteiger partial charge in [-0.1, -0.05) is 45.7 Å². The van der Waals surface area contributed by atoms with E-state index in [0.717, 1.165) is 5.01 Å². The fraction of sp³-hybridized carbons (Fsp3) is 0.808. The van der Waals surface area contributed by atoms with Gasteiger partial charge in [-0.15, -0.1) is 0 Å². The summed E-state index contributed by atoms with van der Waals surface area (Å²) in [5.74, 6) is -4.80. The number of nitrogens with one attached hydrogen (secondary N) is 3. The summed E-state index contributed by atoms with van der Waals surface area (Å²) in [5, 5.41) is 6.00. The molecule has 2 aliphatic carbocycles. The van der Waals surface area contributed by atoms with Crippen LogP contribution < -0.4 is 16.1 Å². The van der Waals surface area contributed by atoms with Crippen molar-refractivity contribution in [3.8, 4) is 0 Å². The maximum absolute atomic E-state index is 14.4. The summed E-state index contributed by atoms with van der Waals surface area (Å²) >= 11 is 5.42. The second-order valence-electron chi connectivity index (χ2n) is 12.0. The van der Waals surface area contributed by atoms with Crippen LogP contribution in [0, 0.1) is 29.1 Å². The number of rotatable bonds is 9. The number of hydrogen-bond donors (Lipinski definition) is 3. The quantitative estimate of drug-likeness (QED) is 0.284. The average Bonchev–Trinajstić information content (AvgIpc) is 3.68. The Kier molecular flexibility index (Phi) is 8.18. The molecule has 0 aromatic heterocycles. The molecule has 0 aromatic carbocycles. The number of likely N-dealkylation sites (tertiary alicyclic amines) is 1. The lowest BCUT2D eigenvalue weighted by Gasteiger charge is -2.36. The maximum atomic E-state index is 14.4. The van der Waals surface area contributed by atoms with Gasteiger partial charge in [0, 0.05) is 13.1 Å².